The van der Waals surface area contributed by atoms with E-state index in [0.29, 0.717) is 0 Å². The highest BCUT2D eigenvalue weighted by molar-refractivity contribution is 4.65. The maximum absolute atomic E-state index is 2.40. The van der Waals surface area contributed by atoms with Crippen LogP contribution in [-0.2, 0) is 0 Å². The third kappa shape index (κ3) is 23.0. The summed E-state index contributed by atoms with van der Waals surface area (Å²) in [6, 6.07) is 0. The molecule has 0 aromatic carbocycles. The summed E-state index contributed by atoms with van der Waals surface area (Å²) in [5.41, 5.74) is 0. The van der Waals surface area contributed by atoms with Crippen LogP contribution in [0.5, 0.6) is 0 Å². The lowest BCUT2D eigenvalue weighted by Crippen LogP contribution is -2.28. The standard InChI is InChI=1S/C7H15N.C6H16N2.2C2H6/c1-7-3-5-8(2)6-4-7;1-7(2)5-6-8(3)4;2*1-2/h7H,3-6H2,1-2H3;5-6H2,1-4H3;2*1-2H3. The van der Waals surface area contributed by atoms with Crippen LogP contribution in [0.4, 0.5) is 0 Å². The van der Waals surface area contributed by atoms with Crippen molar-refractivity contribution >= 4 is 0 Å². The SMILES string of the molecule is CC.CC.CC1CCN(C)CC1.CN(C)CCN(C)C. The van der Waals surface area contributed by atoms with E-state index in [9.17, 15) is 0 Å². The molecule has 0 N–H and O–H groups in total. The van der Waals surface area contributed by atoms with Crippen LogP contribution in [0.1, 0.15) is 47.5 Å². The molecule has 0 atom stereocenters. The molecule has 3 heteroatoms. The molecule has 0 spiro atoms. The summed E-state index contributed by atoms with van der Waals surface area (Å²) >= 11 is 0. The molecule has 1 fully saturated rings. The molecule has 126 valence electrons. The van der Waals surface area contributed by atoms with Gasteiger partial charge in [-0.25, -0.2) is 0 Å². The molecule has 0 aliphatic carbocycles. The van der Waals surface area contributed by atoms with E-state index in [2.05, 4.69) is 56.9 Å². The van der Waals surface area contributed by atoms with Gasteiger partial charge >= 0.3 is 0 Å². The summed E-state index contributed by atoms with van der Waals surface area (Å²) in [5.74, 6) is 0.978. The zero-order valence-corrected chi connectivity index (χ0v) is 16.2. The highest BCUT2D eigenvalue weighted by Gasteiger charge is 2.10. The average Bonchev–Trinajstić information content (AvgIpc) is 2.45. The van der Waals surface area contributed by atoms with Crippen molar-refractivity contribution in [1.82, 2.24) is 14.7 Å². The zero-order valence-electron chi connectivity index (χ0n) is 16.2. The Bertz CT molecular complexity index is 132. The van der Waals surface area contributed by atoms with Crippen molar-refractivity contribution in [3.63, 3.8) is 0 Å². The number of piperidine rings is 1. The highest BCUT2D eigenvalue weighted by atomic mass is 15.1. The monoisotopic (exact) mass is 289 g/mol. The zero-order chi connectivity index (χ0) is 16.6. The van der Waals surface area contributed by atoms with Crippen LogP contribution in [0.3, 0.4) is 0 Å². The van der Waals surface area contributed by atoms with Gasteiger partial charge in [0, 0.05) is 13.1 Å². The van der Waals surface area contributed by atoms with Crippen molar-refractivity contribution in [2.75, 3.05) is 61.4 Å². The number of nitrogens with zero attached hydrogens (tertiary/aromatic N) is 3. The number of likely N-dealkylation sites (tertiary alicyclic amines) is 1. The van der Waals surface area contributed by atoms with Crippen molar-refractivity contribution in [2.45, 2.75) is 47.5 Å². The molecule has 1 rings (SSSR count). The number of likely N-dealkylation sites (N-methyl/N-ethyl adjacent to an activating group) is 2. The van der Waals surface area contributed by atoms with E-state index in [1.54, 1.807) is 0 Å². The molecule has 0 saturated carbocycles. The maximum atomic E-state index is 2.40. The Kier molecular flexibility index (Phi) is 23.5. The fraction of sp³-hybridized carbons (Fsp3) is 1.00. The van der Waals surface area contributed by atoms with Crippen LogP contribution in [0, 0.1) is 5.92 Å². The Labute approximate surface area is 130 Å². The summed E-state index contributed by atoms with van der Waals surface area (Å²) in [6.07, 6.45) is 2.80. The fourth-order valence-electron chi connectivity index (χ4n) is 1.54. The van der Waals surface area contributed by atoms with Gasteiger partial charge in [0.25, 0.3) is 0 Å². The first kappa shape index (κ1) is 24.9. The predicted molar refractivity (Wildman–Crippen MR) is 95.7 cm³/mol. The Hall–Kier alpha value is -0.120. The van der Waals surface area contributed by atoms with E-state index in [-0.39, 0.29) is 0 Å². The van der Waals surface area contributed by atoms with Crippen LogP contribution in [0.15, 0.2) is 0 Å². The summed E-state index contributed by atoms with van der Waals surface area (Å²) in [7, 11) is 10.5. The van der Waals surface area contributed by atoms with Crippen LogP contribution in [-0.4, -0.2) is 76.1 Å². The van der Waals surface area contributed by atoms with Crippen LogP contribution >= 0.6 is 0 Å². The minimum atomic E-state index is 0.978. The first-order valence-electron chi connectivity index (χ1n) is 8.39. The summed E-state index contributed by atoms with van der Waals surface area (Å²) in [5, 5.41) is 0. The average molecular weight is 290 g/mol. The van der Waals surface area contributed by atoms with E-state index in [0.717, 1.165) is 19.0 Å². The number of hydrogen-bond donors (Lipinski definition) is 0. The topological polar surface area (TPSA) is 9.72 Å². The molecule has 0 bridgehead atoms. The Morgan fingerprint density at radius 3 is 1.30 bits per heavy atom. The molecule has 3 nitrogen and oxygen atoms in total. The molecule has 0 amide bonds. The summed E-state index contributed by atoms with van der Waals surface area (Å²) in [6.45, 7) is 15.2. The lowest BCUT2D eigenvalue weighted by atomic mass is 10.00. The summed E-state index contributed by atoms with van der Waals surface area (Å²) < 4.78 is 0. The first-order chi connectivity index (χ1) is 9.41. The third-order valence-corrected chi connectivity index (χ3v) is 3.00. The smallest absolute Gasteiger partial charge is 0.0103 e. The Morgan fingerprint density at radius 2 is 1.10 bits per heavy atom. The van der Waals surface area contributed by atoms with Crippen LogP contribution in [0.2, 0.25) is 0 Å². The molecule has 0 aromatic heterocycles. The quantitative estimate of drug-likeness (QED) is 0.787. The molecule has 1 aliphatic heterocycles. The van der Waals surface area contributed by atoms with Crippen molar-refractivity contribution in [1.29, 1.82) is 0 Å². The van der Waals surface area contributed by atoms with Gasteiger partial charge in [0.2, 0.25) is 0 Å². The van der Waals surface area contributed by atoms with Gasteiger partial charge in [0.1, 0.15) is 0 Å². The van der Waals surface area contributed by atoms with Gasteiger partial charge in [-0.05, 0) is 67.1 Å². The highest BCUT2D eigenvalue weighted by Crippen LogP contribution is 2.13. The minimum Gasteiger partial charge on any atom is -0.308 e. The van der Waals surface area contributed by atoms with E-state index < -0.39 is 0 Å². The van der Waals surface area contributed by atoms with E-state index >= 15 is 0 Å². The van der Waals surface area contributed by atoms with Crippen LogP contribution < -0.4 is 0 Å². The van der Waals surface area contributed by atoms with Gasteiger partial charge in [0.05, 0.1) is 0 Å². The molecule has 0 unspecified atom stereocenters. The summed E-state index contributed by atoms with van der Waals surface area (Å²) in [4.78, 5) is 6.76. The van der Waals surface area contributed by atoms with E-state index in [4.69, 9.17) is 0 Å². The van der Waals surface area contributed by atoms with Crippen LogP contribution in [0.25, 0.3) is 0 Å². The van der Waals surface area contributed by atoms with E-state index in [1.807, 2.05) is 27.7 Å². The van der Waals surface area contributed by atoms with Gasteiger partial charge in [0.15, 0.2) is 0 Å². The molecule has 0 radical (unpaired) electrons. The third-order valence-electron chi connectivity index (χ3n) is 3.00. The fourth-order valence-corrected chi connectivity index (χ4v) is 1.54. The van der Waals surface area contributed by atoms with Crippen molar-refractivity contribution in [3.8, 4) is 0 Å². The second kappa shape index (κ2) is 18.9. The number of rotatable bonds is 3. The molecule has 1 heterocycles. The lowest BCUT2D eigenvalue weighted by Gasteiger charge is -2.26. The van der Waals surface area contributed by atoms with Gasteiger partial charge in [-0.15, -0.1) is 0 Å². The van der Waals surface area contributed by atoms with E-state index in [1.165, 1.54) is 25.9 Å². The second-order valence-electron chi connectivity index (χ2n) is 5.59. The molecule has 1 saturated heterocycles. The second-order valence-corrected chi connectivity index (χ2v) is 5.59. The molecule has 20 heavy (non-hydrogen) atoms. The first-order valence-corrected chi connectivity index (χ1v) is 8.39. The lowest BCUT2D eigenvalue weighted by molar-refractivity contribution is 0.230. The largest absolute Gasteiger partial charge is 0.308 e. The maximum Gasteiger partial charge on any atom is 0.0103 e. The van der Waals surface area contributed by atoms with Gasteiger partial charge in [-0.2, -0.15) is 0 Å². The molecule has 1 aliphatic rings. The normalized spacial score (nSPS) is 15.6. The molecular weight excluding hydrogens is 246 g/mol. The van der Waals surface area contributed by atoms with Crippen molar-refractivity contribution < 1.29 is 0 Å². The Balaban J connectivity index is -0.000000231. The van der Waals surface area contributed by atoms with Crippen molar-refractivity contribution in [2.24, 2.45) is 5.92 Å². The minimum absolute atomic E-state index is 0.978. The predicted octanol–water partition coefficient (Wildman–Crippen LogP) is 3.51. The molecule has 0 aromatic rings. The van der Waals surface area contributed by atoms with Gasteiger partial charge in [-0.1, -0.05) is 34.6 Å². The van der Waals surface area contributed by atoms with Crippen molar-refractivity contribution in [3.05, 3.63) is 0 Å². The number of hydrogen-bond acceptors (Lipinski definition) is 3. The van der Waals surface area contributed by atoms with Gasteiger partial charge in [-0.3, -0.25) is 0 Å². The van der Waals surface area contributed by atoms with Gasteiger partial charge < -0.3 is 14.7 Å². The molecular formula is C17H43N3. The Morgan fingerprint density at radius 1 is 0.800 bits per heavy atom.